The lowest BCUT2D eigenvalue weighted by Crippen LogP contribution is -2.00. The number of ether oxygens (including phenoxy) is 1. The Morgan fingerprint density at radius 1 is 1.24 bits per heavy atom. The number of hydrogen-bond donors (Lipinski definition) is 1. The first-order chi connectivity index (χ1) is 8.09. The molecular weight excluding hydrogens is 221 g/mol. The number of hydrogen-bond acceptors (Lipinski definition) is 4. The van der Waals surface area contributed by atoms with Gasteiger partial charge < -0.3 is 10.5 Å². The lowest BCUT2D eigenvalue weighted by molar-refractivity contribution is 0.422. The average Bonchev–Trinajstić information content (AvgIpc) is 2.31. The molecule has 1 aromatic carbocycles. The Bertz CT molecular complexity index is 508. The zero-order valence-corrected chi connectivity index (χ0v) is 9.57. The molecule has 0 saturated heterocycles. The molecule has 2 rings (SSSR count). The minimum absolute atomic E-state index is 0.131. The van der Waals surface area contributed by atoms with Gasteiger partial charge in [0, 0.05) is 0 Å². The molecule has 0 radical (unpaired) electrons. The largest absolute Gasteiger partial charge is 0.435 e. The van der Waals surface area contributed by atoms with Gasteiger partial charge in [-0.05, 0) is 25.5 Å². The third kappa shape index (κ3) is 2.18. The van der Waals surface area contributed by atoms with Crippen LogP contribution in [0.4, 0.5) is 10.2 Å². The lowest BCUT2D eigenvalue weighted by Gasteiger charge is -2.09. The Morgan fingerprint density at radius 3 is 2.76 bits per heavy atom. The second-order valence-electron chi connectivity index (χ2n) is 3.68. The van der Waals surface area contributed by atoms with Gasteiger partial charge in [-0.1, -0.05) is 12.1 Å². The van der Waals surface area contributed by atoms with Crippen molar-refractivity contribution in [2.24, 2.45) is 0 Å². The minimum atomic E-state index is -0.399. The van der Waals surface area contributed by atoms with Gasteiger partial charge in [-0.25, -0.2) is 14.4 Å². The van der Waals surface area contributed by atoms with Crippen molar-refractivity contribution >= 4 is 5.82 Å². The van der Waals surface area contributed by atoms with Gasteiger partial charge in [0.05, 0.1) is 5.56 Å². The van der Waals surface area contributed by atoms with E-state index < -0.39 is 5.82 Å². The molecule has 0 saturated carbocycles. The highest BCUT2D eigenvalue weighted by Gasteiger charge is 2.11. The first kappa shape index (κ1) is 11.3. The summed E-state index contributed by atoms with van der Waals surface area (Å²) in [6, 6.07) is 4.93. The number of nitrogens with zero attached hydrogens (tertiary/aromatic N) is 2. The van der Waals surface area contributed by atoms with Crippen molar-refractivity contribution in [3.8, 4) is 11.6 Å². The first-order valence-electron chi connectivity index (χ1n) is 5.09. The van der Waals surface area contributed by atoms with Crippen molar-refractivity contribution in [3.05, 3.63) is 41.5 Å². The van der Waals surface area contributed by atoms with Crippen LogP contribution in [-0.4, -0.2) is 9.97 Å². The van der Waals surface area contributed by atoms with Crippen LogP contribution in [0.15, 0.2) is 24.5 Å². The molecule has 0 amide bonds. The second kappa shape index (κ2) is 4.37. The van der Waals surface area contributed by atoms with E-state index in [0.29, 0.717) is 16.9 Å². The fourth-order valence-electron chi connectivity index (χ4n) is 1.35. The molecule has 5 heteroatoms. The predicted octanol–water partition coefficient (Wildman–Crippen LogP) is 2.61. The molecule has 1 aromatic heterocycles. The molecule has 0 aliphatic carbocycles. The molecule has 0 aliphatic rings. The van der Waals surface area contributed by atoms with Gasteiger partial charge in [0.2, 0.25) is 5.88 Å². The predicted molar refractivity (Wildman–Crippen MR) is 62.4 cm³/mol. The summed E-state index contributed by atoms with van der Waals surface area (Å²) < 4.78 is 19.1. The van der Waals surface area contributed by atoms with Crippen LogP contribution in [0.3, 0.4) is 0 Å². The van der Waals surface area contributed by atoms with Crippen molar-refractivity contribution < 1.29 is 9.13 Å². The summed E-state index contributed by atoms with van der Waals surface area (Å²) in [5.41, 5.74) is 6.72. The average molecular weight is 233 g/mol. The summed E-state index contributed by atoms with van der Waals surface area (Å²) in [5.74, 6) is 0.320. The van der Waals surface area contributed by atoms with Crippen LogP contribution in [0.2, 0.25) is 0 Å². The number of anilines is 1. The normalized spacial score (nSPS) is 10.3. The highest BCUT2D eigenvalue weighted by atomic mass is 19.1. The molecule has 4 nitrogen and oxygen atoms in total. The van der Waals surface area contributed by atoms with Gasteiger partial charge in [-0.2, -0.15) is 0 Å². The number of aryl methyl sites for hydroxylation is 1. The third-order valence-electron chi connectivity index (χ3n) is 2.44. The maximum Gasteiger partial charge on any atom is 0.227 e. The monoisotopic (exact) mass is 233 g/mol. The van der Waals surface area contributed by atoms with Gasteiger partial charge in [0.25, 0.3) is 0 Å². The van der Waals surface area contributed by atoms with Crippen LogP contribution >= 0.6 is 0 Å². The SMILES string of the molecule is Cc1cccc(Oc2ncnc(N)c2C)c1F. The van der Waals surface area contributed by atoms with Crippen LogP contribution in [0.25, 0.3) is 0 Å². The lowest BCUT2D eigenvalue weighted by atomic mass is 10.2. The quantitative estimate of drug-likeness (QED) is 0.866. The summed E-state index contributed by atoms with van der Waals surface area (Å²) in [7, 11) is 0. The maximum atomic E-state index is 13.7. The van der Waals surface area contributed by atoms with Crippen molar-refractivity contribution in [2.75, 3.05) is 5.73 Å². The molecule has 88 valence electrons. The van der Waals surface area contributed by atoms with Crippen LogP contribution < -0.4 is 10.5 Å². The molecule has 2 aromatic rings. The van der Waals surface area contributed by atoms with Gasteiger partial charge in [-0.15, -0.1) is 0 Å². The topological polar surface area (TPSA) is 61.0 Å². The summed E-state index contributed by atoms with van der Waals surface area (Å²) >= 11 is 0. The molecule has 0 spiro atoms. The van der Waals surface area contributed by atoms with E-state index in [1.165, 1.54) is 6.33 Å². The van der Waals surface area contributed by atoms with E-state index >= 15 is 0 Å². The standard InChI is InChI=1S/C12H12FN3O/c1-7-4-3-5-9(10(7)13)17-12-8(2)11(14)15-6-16-12/h3-6H,1-2H3,(H2,14,15,16). The molecule has 0 fully saturated rings. The number of nitrogens with two attached hydrogens (primary N) is 1. The van der Waals surface area contributed by atoms with E-state index in [-0.39, 0.29) is 11.6 Å². The van der Waals surface area contributed by atoms with Crippen molar-refractivity contribution in [1.82, 2.24) is 9.97 Å². The number of rotatable bonds is 2. The molecule has 0 unspecified atom stereocenters. The van der Waals surface area contributed by atoms with E-state index in [2.05, 4.69) is 9.97 Å². The Labute approximate surface area is 98.3 Å². The Hall–Kier alpha value is -2.17. The summed E-state index contributed by atoms with van der Waals surface area (Å²) in [5, 5.41) is 0. The second-order valence-corrected chi connectivity index (χ2v) is 3.68. The summed E-state index contributed by atoms with van der Waals surface area (Å²) in [6.45, 7) is 3.39. The zero-order chi connectivity index (χ0) is 12.4. The number of benzene rings is 1. The molecule has 0 aliphatic heterocycles. The fourth-order valence-corrected chi connectivity index (χ4v) is 1.35. The van der Waals surface area contributed by atoms with Crippen molar-refractivity contribution in [3.63, 3.8) is 0 Å². The van der Waals surface area contributed by atoms with Gasteiger partial charge >= 0.3 is 0 Å². The molecule has 2 N–H and O–H groups in total. The summed E-state index contributed by atoms with van der Waals surface area (Å²) in [4.78, 5) is 7.74. The Kier molecular flexibility index (Phi) is 2.91. The van der Waals surface area contributed by atoms with Crippen LogP contribution in [0.1, 0.15) is 11.1 Å². The van der Waals surface area contributed by atoms with Gasteiger partial charge in [-0.3, -0.25) is 0 Å². The van der Waals surface area contributed by atoms with E-state index in [1.54, 1.807) is 32.0 Å². The Morgan fingerprint density at radius 2 is 2.00 bits per heavy atom. The highest BCUT2D eigenvalue weighted by Crippen LogP contribution is 2.27. The minimum Gasteiger partial charge on any atom is -0.435 e. The fraction of sp³-hybridized carbons (Fsp3) is 0.167. The Balaban J connectivity index is 2.38. The van der Waals surface area contributed by atoms with Crippen molar-refractivity contribution in [1.29, 1.82) is 0 Å². The van der Waals surface area contributed by atoms with E-state index in [9.17, 15) is 4.39 Å². The van der Waals surface area contributed by atoms with Crippen LogP contribution in [0, 0.1) is 19.7 Å². The molecule has 0 bridgehead atoms. The highest BCUT2D eigenvalue weighted by molar-refractivity contribution is 5.45. The third-order valence-corrected chi connectivity index (χ3v) is 2.44. The maximum absolute atomic E-state index is 13.7. The van der Waals surface area contributed by atoms with Gasteiger partial charge in [0.1, 0.15) is 12.1 Å². The molecule has 1 heterocycles. The van der Waals surface area contributed by atoms with Crippen LogP contribution in [0.5, 0.6) is 11.6 Å². The zero-order valence-electron chi connectivity index (χ0n) is 9.57. The first-order valence-corrected chi connectivity index (χ1v) is 5.09. The van der Waals surface area contributed by atoms with E-state index in [4.69, 9.17) is 10.5 Å². The molecular formula is C12H12FN3O. The van der Waals surface area contributed by atoms with E-state index in [1.807, 2.05) is 0 Å². The number of nitrogen functional groups attached to an aromatic ring is 1. The van der Waals surface area contributed by atoms with Crippen molar-refractivity contribution in [2.45, 2.75) is 13.8 Å². The van der Waals surface area contributed by atoms with Crippen LogP contribution in [-0.2, 0) is 0 Å². The van der Waals surface area contributed by atoms with Gasteiger partial charge in [0.15, 0.2) is 11.6 Å². The summed E-state index contributed by atoms with van der Waals surface area (Å²) in [6.07, 6.45) is 1.28. The van der Waals surface area contributed by atoms with E-state index in [0.717, 1.165) is 0 Å². The number of aromatic nitrogens is 2. The molecule has 17 heavy (non-hydrogen) atoms. The smallest absolute Gasteiger partial charge is 0.227 e. The number of halogens is 1. The molecule has 0 atom stereocenters.